The Kier molecular flexibility index (Phi) is 6.39. The highest BCUT2D eigenvalue weighted by molar-refractivity contribution is 7.99. The molecule has 2 aliphatic rings. The highest BCUT2D eigenvalue weighted by Gasteiger charge is 2.25. The summed E-state index contributed by atoms with van der Waals surface area (Å²) in [5, 5.41) is 9.60. The smallest absolute Gasteiger partial charge is 0.0697 e. The van der Waals surface area contributed by atoms with Gasteiger partial charge in [0.05, 0.1) is 5.71 Å². The zero-order valence-corrected chi connectivity index (χ0v) is 20.8. The minimum atomic E-state index is 0.635. The largest absolute Gasteiger partial charge is 0.300 e. The predicted octanol–water partition coefficient (Wildman–Crippen LogP) is 7.92. The minimum absolute atomic E-state index is 0.635. The van der Waals surface area contributed by atoms with Gasteiger partial charge in [0.1, 0.15) is 0 Å². The zero-order chi connectivity index (χ0) is 22.2. The molecule has 0 unspecified atom stereocenters. The number of nitrogens with one attached hydrogen (secondary N) is 1. The molecule has 0 bridgehead atoms. The Morgan fingerprint density at radius 3 is 2.03 bits per heavy atom. The molecule has 1 fully saturated rings. The Hall–Kier alpha value is -1.72. The first kappa shape index (κ1) is 22.1. The van der Waals surface area contributed by atoms with Gasteiger partial charge >= 0.3 is 0 Å². The van der Waals surface area contributed by atoms with E-state index < -0.39 is 0 Å². The third-order valence-corrected chi connectivity index (χ3v) is 8.55. The second kappa shape index (κ2) is 9.26. The Labute approximate surface area is 204 Å². The summed E-state index contributed by atoms with van der Waals surface area (Å²) in [5.41, 5.74) is 5.06. The second-order valence-electron chi connectivity index (χ2n) is 9.10. The molecule has 1 aliphatic carbocycles. The first-order chi connectivity index (χ1) is 15.5. The highest BCUT2D eigenvalue weighted by Crippen LogP contribution is 2.41. The molecular formula is C27H27ClN2S2. The number of fused-ring (bicyclic) bond motifs is 3. The van der Waals surface area contributed by atoms with E-state index in [-0.39, 0.29) is 0 Å². The quantitative estimate of drug-likeness (QED) is 0.295. The lowest BCUT2D eigenvalue weighted by atomic mass is 9.92. The molecule has 3 aromatic rings. The number of hydrogen-bond donors (Lipinski definition) is 1. The predicted molar refractivity (Wildman–Crippen MR) is 139 cm³/mol. The average molecular weight is 479 g/mol. The van der Waals surface area contributed by atoms with Crippen LogP contribution in [0.5, 0.6) is 0 Å². The lowest BCUT2D eigenvalue weighted by Gasteiger charge is -2.34. The number of piperidine rings is 1. The van der Waals surface area contributed by atoms with Gasteiger partial charge in [-0.1, -0.05) is 49.3 Å². The summed E-state index contributed by atoms with van der Waals surface area (Å²) in [6.07, 6.45) is 1.34. The molecule has 0 aromatic heterocycles. The molecule has 0 amide bonds. The number of thioether (sulfide) groups is 1. The van der Waals surface area contributed by atoms with E-state index in [4.69, 9.17) is 17.0 Å². The van der Waals surface area contributed by atoms with Crippen molar-refractivity contribution in [2.75, 3.05) is 19.0 Å². The number of hydrogen-bond acceptors (Lipinski definition) is 4. The van der Waals surface area contributed by atoms with Gasteiger partial charge < -0.3 is 0 Å². The second-order valence-corrected chi connectivity index (χ2v) is 11.7. The van der Waals surface area contributed by atoms with Gasteiger partial charge in [-0.05, 0) is 77.9 Å². The number of nitrogens with zero attached hydrogens (tertiary/aromatic N) is 1. The van der Waals surface area contributed by atoms with Crippen LogP contribution in [0.1, 0.15) is 31.4 Å². The molecule has 5 rings (SSSR count). The van der Waals surface area contributed by atoms with E-state index in [9.17, 15) is 0 Å². The van der Waals surface area contributed by atoms with Crippen molar-refractivity contribution in [3.05, 3.63) is 76.8 Å². The Morgan fingerprint density at radius 2 is 1.38 bits per heavy atom. The average Bonchev–Trinajstić information content (AvgIpc) is 3.04. The van der Waals surface area contributed by atoms with Crippen LogP contribution in [0, 0.1) is 17.2 Å². The molecule has 0 saturated carbocycles. The van der Waals surface area contributed by atoms with Crippen molar-refractivity contribution in [1.82, 2.24) is 4.90 Å². The van der Waals surface area contributed by atoms with Gasteiger partial charge in [0.2, 0.25) is 0 Å². The minimum Gasteiger partial charge on any atom is -0.300 e. The van der Waals surface area contributed by atoms with E-state index in [2.05, 4.69) is 55.1 Å². The Bertz CT molecular complexity index is 1150. The van der Waals surface area contributed by atoms with E-state index in [0.717, 1.165) is 43.7 Å². The fourth-order valence-corrected chi connectivity index (χ4v) is 6.82. The SMILES string of the molecule is C[C@H]1C[C@H](C)CN(CSc2ccc3c(c2)C(=N)c2cc(Sc4ccc(Cl)cc4)ccc2-3)C1. The van der Waals surface area contributed by atoms with Crippen molar-refractivity contribution in [3.63, 3.8) is 0 Å². The fourth-order valence-electron chi connectivity index (χ4n) is 4.93. The van der Waals surface area contributed by atoms with E-state index in [1.165, 1.54) is 35.5 Å². The molecule has 2 nitrogen and oxygen atoms in total. The van der Waals surface area contributed by atoms with Crippen molar-refractivity contribution in [1.29, 1.82) is 5.41 Å². The highest BCUT2D eigenvalue weighted by atomic mass is 35.5. The monoisotopic (exact) mass is 478 g/mol. The summed E-state index contributed by atoms with van der Waals surface area (Å²) >= 11 is 9.62. The molecule has 0 radical (unpaired) electrons. The van der Waals surface area contributed by atoms with E-state index in [1.807, 2.05) is 36.0 Å². The van der Waals surface area contributed by atoms with Crippen molar-refractivity contribution in [2.24, 2.45) is 11.8 Å². The zero-order valence-electron chi connectivity index (χ0n) is 18.4. The van der Waals surface area contributed by atoms with Crippen LogP contribution >= 0.6 is 35.1 Å². The maximum Gasteiger partial charge on any atom is 0.0697 e. The van der Waals surface area contributed by atoms with Crippen LogP contribution in [-0.4, -0.2) is 29.6 Å². The van der Waals surface area contributed by atoms with Gasteiger partial charge in [-0.2, -0.15) is 0 Å². The van der Waals surface area contributed by atoms with Gasteiger partial charge in [-0.15, -0.1) is 11.8 Å². The molecule has 0 spiro atoms. The molecule has 5 heteroatoms. The van der Waals surface area contributed by atoms with Crippen LogP contribution in [0.3, 0.4) is 0 Å². The van der Waals surface area contributed by atoms with Crippen molar-refractivity contribution >= 4 is 40.8 Å². The van der Waals surface area contributed by atoms with Crippen LogP contribution in [-0.2, 0) is 0 Å². The molecule has 32 heavy (non-hydrogen) atoms. The topological polar surface area (TPSA) is 27.1 Å². The summed E-state index contributed by atoms with van der Waals surface area (Å²) in [4.78, 5) is 6.13. The first-order valence-electron chi connectivity index (χ1n) is 11.1. The maximum atomic E-state index is 8.85. The lowest BCUT2D eigenvalue weighted by molar-refractivity contribution is 0.164. The third kappa shape index (κ3) is 4.65. The van der Waals surface area contributed by atoms with Gasteiger partial charge in [-0.25, -0.2) is 0 Å². The third-order valence-electron chi connectivity index (χ3n) is 6.22. The summed E-state index contributed by atoms with van der Waals surface area (Å²) in [6, 6.07) is 21.0. The van der Waals surface area contributed by atoms with Crippen molar-refractivity contribution < 1.29 is 0 Å². The van der Waals surface area contributed by atoms with Crippen LogP contribution in [0.2, 0.25) is 5.02 Å². The Morgan fingerprint density at radius 1 is 0.812 bits per heavy atom. The molecule has 1 heterocycles. The molecule has 164 valence electrons. The molecule has 2 atom stereocenters. The number of rotatable bonds is 5. The van der Waals surface area contributed by atoms with Crippen LogP contribution < -0.4 is 0 Å². The number of likely N-dealkylation sites (tertiary alicyclic amines) is 1. The van der Waals surface area contributed by atoms with Crippen LogP contribution in [0.15, 0.2) is 75.4 Å². The van der Waals surface area contributed by atoms with E-state index in [0.29, 0.717) is 5.71 Å². The van der Waals surface area contributed by atoms with Gasteiger partial charge in [0.25, 0.3) is 0 Å². The molecule has 3 aromatic carbocycles. The van der Waals surface area contributed by atoms with Crippen LogP contribution in [0.25, 0.3) is 11.1 Å². The molecule has 1 saturated heterocycles. The molecular weight excluding hydrogens is 452 g/mol. The fraction of sp³-hybridized carbons (Fsp3) is 0.296. The summed E-state index contributed by atoms with van der Waals surface area (Å²) < 4.78 is 0. The van der Waals surface area contributed by atoms with E-state index >= 15 is 0 Å². The lowest BCUT2D eigenvalue weighted by Crippen LogP contribution is -2.38. The summed E-state index contributed by atoms with van der Waals surface area (Å²) in [6.45, 7) is 7.11. The molecule has 1 aliphatic heterocycles. The van der Waals surface area contributed by atoms with E-state index in [1.54, 1.807) is 11.8 Å². The number of benzene rings is 3. The summed E-state index contributed by atoms with van der Waals surface area (Å²) in [5.74, 6) is 2.58. The van der Waals surface area contributed by atoms with Crippen LogP contribution in [0.4, 0.5) is 0 Å². The molecule has 1 N–H and O–H groups in total. The summed E-state index contributed by atoms with van der Waals surface area (Å²) in [7, 11) is 0. The first-order valence-corrected chi connectivity index (χ1v) is 13.3. The van der Waals surface area contributed by atoms with Gasteiger partial charge in [0.15, 0.2) is 0 Å². The normalized spacial score (nSPS) is 20.3. The number of halogens is 1. The Balaban J connectivity index is 1.31. The van der Waals surface area contributed by atoms with Crippen molar-refractivity contribution in [2.45, 2.75) is 35.0 Å². The standard InChI is InChI=1S/C27H27ClN2S2/c1-17-11-18(2)15-30(14-17)16-31-21-7-9-23-24-10-8-22(13-26(24)27(29)25(23)12-21)32-20-5-3-19(28)4-6-20/h3-10,12-13,17-18,29H,11,14-16H2,1-2H3/t17-,18-/m0/s1. The van der Waals surface area contributed by atoms with Crippen molar-refractivity contribution in [3.8, 4) is 11.1 Å². The maximum absolute atomic E-state index is 8.85. The van der Waals surface area contributed by atoms with Gasteiger partial charge in [-0.3, -0.25) is 10.3 Å². The van der Waals surface area contributed by atoms with Gasteiger partial charge in [0, 0.05) is 49.8 Å².